The number of hydrogen-bond donors (Lipinski definition) is 1. The van der Waals surface area contributed by atoms with Crippen LogP contribution in [0, 0.1) is 13.8 Å². The first kappa shape index (κ1) is 26.7. The number of carbonyl (C=O) groups excluding carboxylic acids is 2. The molecular formula is C30H35BrN2O2. The molecule has 0 aliphatic carbocycles. The number of amides is 2. The van der Waals surface area contributed by atoms with Crippen LogP contribution in [0.5, 0.6) is 0 Å². The monoisotopic (exact) mass is 534 g/mol. The second-order valence-corrected chi connectivity index (χ2v) is 10.3. The minimum Gasteiger partial charge on any atom is -0.352 e. The molecule has 0 aliphatic rings. The van der Waals surface area contributed by atoms with Gasteiger partial charge in [0, 0.05) is 23.5 Å². The second kappa shape index (κ2) is 12.7. The van der Waals surface area contributed by atoms with Gasteiger partial charge in [0.05, 0.1) is 6.42 Å². The molecule has 184 valence electrons. The summed E-state index contributed by atoms with van der Waals surface area (Å²) in [6.45, 7) is 8.48. The van der Waals surface area contributed by atoms with Crippen molar-refractivity contribution in [3.8, 4) is 0 Å². The predicted octanol–water partition coefficient (Wildman–Crippen LogP) is 6.16. The molecule has 0 bridgehead atoms. The van der Waals surface area contributed by atoms with Gasteiger partial charge in [0.15, 0.2) is 0 Å². The maximum Gasteiger partial charge on any atom is 0.243 e. The standard InChI is InChI=1S/C30H35BrN2O2/c1-5-23(4)32-30(35)28(18-24-9-7-6-8-10-24)33(20-25-11-13-27(31)14-12-25)29(34)19-26-16-21(2)15-22(3)17-26/h6-17,23,28H,5,18-20H2,1-4H3,(H,32,35)/t23-,28-/m0/s1. The zero-order valence-corrected chi connectivity index (χ0v) is 22.6. The van der Waals surface area contributed by atoms with Crippen molar-refractivity contribution < 1.29 is 9.59 Å². The van der Waals surface area contributed by atoms with Crippen LogP contribution < -0.4 is 5.32 Å². The van der Waals surface area contributed by atoms with E-state index in [1.54, 1.807) is 4.90 Å². The lowest BCUT2D eigenvalue weighted by Gasteiger charge is -2.32. The summed E-state index contributed by atoms with van der Waals surface area (Å²) in [7, 11) is 0. The molecule has 0 aromatic heterocycles. The molecule has 3 rings (SSSR count). The van der Waals surface area contributed by atoms with Gasteiger partial charge >= 0.3 is 0 Å². The summed E-state index contributed by atoms with van der Waals surface area (Å²) in [5.74, 6) is -0.174. The van der Waals surface area contributed by atoms with Crippen molar-refractivity contribution in [1.82, 2.24) is 10.2 Å². The summed E-state index contributed by atoms with van der Waals surface area (Å²) in [5, 5.41) is 3.12. The van der Waals surface area contributed by atoms with Crippen LogP contribution in [0.2, 0.25) is 0 Å². The van der Waals surface area contributed by atoms with E-state index in [2.05, 4.69) is 27.3 Å². The molecule has 0 unspecified atom stereocenters. The molecule has 0 spiro atoms. The molecule has 1 N–H and O–H groups in total. The molecule has 2 amide bonds. The molecule has 3 aromatic carbocycles. The van der Waals surface area contributed by atoms with Gasteiger partial charge in [-0.1, -0.05) is 94.6 Å². The zero-order chi connectivity index (χ0) is 25.4. The number of rotatable bonds is 10. The highest BCUT2D eigenvalue weighted by Crippen LogP contribution is 2.19. The minimum absolute atomic E-state index is 0.0322. The molecule has 0 heterocycles. The van der Waals surface area contributed by atoms with Crippen molar-refractivity contribution in [3.63, 3.8) is 0 Å². The van der Waals surface area contributed by atoms with E-state index < -0.39 is 6.04 Å². The molecule has 35 heavy (non-hydrogen) atoms. The smallest absolute Gasteiger partial charge is 0.243 e. The Morgan fingerprint density at radius 1 is 0.886 bits per heavy atom. The molecule has 3 aromatic rings. The highest BCUT2D eigenvalue weighted by Gasteiger charge is 2.31. The van der Waals surface area contributed by atoms with Gasteiger partial charge in [0.1, 0.15) is 6.04 Å². The van der Waals surface area contributed by atoms with E-state index in [4.69, 9.17) is 0 Å². The topological polar surface area (TPSA) is 49.4 Å². The Kier molecular flexibility index (Phi) is 9.67. The molecule has 0 saturated heterocycles. The third-order valence-corrected chi connectivity index (χ3v) is 6.70. The van der Waals surface area contributed by atoms with Crippen LogP contribution in [0.3, 0.4) is 0 Å². The van der Waals surface area contributed by atoms with Crippen molar-refractivity contribution in [2.75, 3.05) is 0 Å². The van der Waals surface area contributed by atoms with Crippen LogP contribution in [-0.2, 0) is 29.0 Å². The maximum atomic E-state index is 13.8. The Balaban J connectivity index is 1.98. The molecule has 4 nitrogen and oxygen atoms in total. The number of carbonyl (C=O) groups is 2. The Morgan fingerprint density at radius 2 is 1.51 bits per heavy atom. The van der Waals surface area contributed by atoms with Crippen LogP contribution in [0.4, 0.5) is 0 Å². The van der Waals surface area contributed by atoms with E-state index in [1.807, 2.05) is 94.4 Å². The number of benzene rings is 3. The van der Waals surface area contributed by atoms with Gasteiger partial charge < -0.3 is 10.2 Å². The number of hydrogen-bond acceptors (Lipinski definition) is 2. The van der Waals surface area contributed by atoms with E-state index in [0.717, 1.165) is 38.7 Å². The van der Waals surface area contributed by atoms with Gasteiger partial charge in [0.25, 0.3) is 0 Å². The van der Waals surface area contributed by atoms with Crippen LogP contribution in [0.15, 0.2) is 77.3 Å². The Labute approximate surface area is 217 Å². The van der Waals surface area contributed by atoms with E-state index in [1.165, 1.54) is 0 Å². The highest BCUT2D eigenvalue weighted by atomic mass is 79.9. The van der Waals surface area contributed by atoms with Crippen molar-refractivity contribution >= 4 is 27.7 Å². The molecule has 0 aliphatic heterocycles. The van der Waals surface area contributed by atoms with Crippen LogP contribution in [-0.4, -0.2) is 28.8 Å². The summed E-state index contributed by atoms with van der Waals surface area (Å²) in [6, 6.07) is 23.5. The van der Waals surface area contributed by atoms with Gasteiger partial charge in [-0.25, -0.2) is 0 Å². The lowest BCUT2D eigenvalue weighted by molar-refractivity contribution is -0.141. The highest BCUT2D eigenvalue weighted by molar-refractivity contribution is 9.10. The molecule has 2 atom stereocenters. The Hall–Kier alpha value is -2.92. The lowest BCUT2D eigenvalue weighted by atomic mass is 10.00. The first-order valence-corrected chi connectivity index (χ1v) is 13.0. The Bertz CT molecular complexity index is 1110. The summed E-state index contributed by atoms with van der Waals surface area (Å²) in [5.41, 5.74) is 5.23. The second-order valence-electron chi connectivity index (χ2n) is 9.34. The van der Waals surface area contributed by atoms with Crippen molar-refractivity contribution in [1.29, 1.82) is 0 Å². The SMILES string of the molecule is CC[C@H](C)NC(=O)[C@H](Cc1ccccc1)N(Cc1ccc(Br)cc1)C(=O)Cc1cc(C)cc(C)c1. The number of nitrogens with zero attached hydrogens (tertiary/aromatic N) is 1. The van der Waals surface area contributed by atoms with Gasteiger partial charge in [0.2, 0.25) is 11.8 Å². The first-order chi connectivity index (χ1) is 16.7. The third kappa shape index (κ3) is 8.07. The number of halogens is 1. The number of aryl methyl sites for hydroxylation is 2. The van der Waals surface area contributed by atoms with Crippen LogP contribution in [0.1, 0.15) is 48.1 Å². The van der Waals surface area contributed by atoms with Crippen molar-refractivity contribution in [3.05, 3.63) is 105 Å². The fraction of sp³-hybridized carbons (Fsp3) is 0.333. The van der Waals surface area contributed by atoms with Gasteiger partial charge in [-0.05, 0) is 56.0 Å². The molecule has 0 fully saturated rings. The van der Waals surface area contributed by atoms with Crippen LogP contribution in [0.25, 0.3) is 0 Å². The first-order valence-electron chi connectivity index (χ1n) is 12.2. The summed E-state index contributed by atoms with van der Waals surface area (Å²) < 4.78 is 0.977. The average Bonchev–Trinajstić information content (AvgIpc) is 2.82. The van der Waals surface area contributed by atoms with Crippen molar-refractivity contribution in [2.45, 2.75) is 65.6 Å². The molecular weight excluding hydrogens is 500 g/mol. The molecule has 0 saturated carbocycles. The lowest BCUT2D eigenvalue weighted by Crippen LogP contribution is -2.52. The average molecular weight is 536 g/mol. The zero-order valence-electron chi connectivity index (χ0n) is 21.1. The fourth-order valence-electron chi connectivity index (χ4n) is 4.23. The van der Waals surface area contributed by atoms with Gasteiger partial charge in [-0.15, -0.1) is 0 Å². The van der Waals surface area contributed by atoms with Crippen molar-refractivity contribution in [2.24, 2.45) is 0 Å². The van der Waals surface area contributed by atoms with E-state index in [0.29, 0.717) is 13.0 Å². The summed E-state index contributed by atoms with van der Waals surface area (Å²) >= 11 is 3.49. The maximum absolute atomic E-state index is 13.8. The largest absolute Gasteiger partial charge is 0.352 e. The normalized spacial score (nSPS) is 12.6. The predicted molar refractivity (Wildman–Crippen MR) is 146 cm³/mol. The number of nitrogens with one attached hydrogen (secondary N) is 1. The summed E-state index contributed by atoms with van der Waals surface area (Å²) in [4.78, 5) is 29.1. The van der Waals surface area contributed by atoms with Gasteiger partial charge in [-0.2, -0.15) is 0 Å². The molecule has 5 heteroatoms. The van der Waals surface area contributed by atoms with Gasteiger partial charge in [-0.3, -0.25) is 9.59 Å². The third-order valence-electron chi connectivity index (χ3n) is 6.18. The minimum atomic E-state index is -0.617. The van der Waals surface area contributed by atoms with E-state index in [-0.39, 0.29) is 24.3 Å². The Morgan fingerprint density at radius 3 is 2.11 bits per heavy atom. The fourth-order valence-corrected chi connectivity index (χ4v) is 4.49. The quantitative estimate of drug-likeness (QED) is 0.338. The van der Waals surface area contributed by atoms with E-state index in [9.17, 15) is 9.59 Å². The molecule has 0 radical (unpaired) electrons. The van der Waals surface area contributed by atoms with Crippen LogP contribution >= 0.6 is 15.9 Å². The van der Waals surface area contributed by atoms with E-state index >= 15 is 0 Å². The summed E-state index contributed by atoms with van der Waals surface area (Å²) in [6.07, 6.45) is 1.53.